The first kappa shape index (κ1) is 22.7. The average molecular weight is 467 g/mol. The van der Waals surface area contributed by atoms with Gasteiger partial charge in [0.15, 0.2) is 6.10 Å². The van der Waals surface area contributed by atoms with Gasteiger partial charge in [-0.15, -0.1) is 0 Å². The van der Waals surface area contributed by atoms with Gasteiger partial charge in [0.2, 0.25) is 0 Å². The summed E-state index contributed by atoms with van der Waals surface area (Å²) in [7, 11) is -3.88. The first-order chi connectivity index (χ1) is 15.9. The summed E-state index contributed by atoms with van der Waals surface area (Å²) in [6.45, 7) is 4.56. The summed E-state index contributed by atoms with van der Waals surface area (Å²) in [5.74, 6) is 0.722. The molecule has 33 heavy (non-hydrogen) atoms. The maximum absolute atomic E-state index is 13.4. The molecule has 0 aliphatic carbocycles. The topological polar surface area (TPSA) is 84.9 Å². The molecule has 172 valence electrons. The van der Waals surface area contributed by atoms with Gasteiger partial charge in [0.05, 0.1) is 23.7 Å². The maximum atomic E-state index is 13.4. The second-order valence-corrected chi connectivity index (χ2v) is 9.58. The van der Waals surface area contributed by atoms with Crippen LogP contribution in [0.25, 0.3) is 0 Å². The normalized spacial score (nSPS) is 15.3. The van der Waals surface area contributed by atoms with E-state index in [-0.39, 0.29) is 23.9 Å². The summed E-state index contributed by atoms with van der Waals surface area (Å²) in [6, 6.07) is 20.9. The van der Waals surface area contributed by atoms with Crippen LogP contribution < -0.4 is 19.1 Å². The zero-order valence-corrected chi connectivity index (χ0v) is 19.3. The average Bonchev–Trinajstić information content (AvgIpc) is 2.83. The van der Waals surface area contributed by atoms with E-state index < -0.39 is 16.1 Å². The molecule has 1 heterocycles. The van der Waals surface area contributed by atoms with Crippen LogP contribution in [0.3, 0.4) is 0 Å². The van der Waals surface area contributed by atoms with Crippen molar-refractivity contribution in [3.8, 4) is 11.5 Å². The third-order valence-corrected chi connectivity index (χ3v) is 7.13. The molecule has 0 aromatic heterocycles. The number of anilines is 1. The Labute approximate surface area is 194 Å². The first-order valence-corrected chi connectivity index (χ1v) is 12.2. The number of benzene rings is 3. The fourth-order valence-electron chi connectivity index (χ4n) is 3.58. The molecule has 0 saturated heterocycles. The molecule has 1 aliphatic rings. The largest absolute Gasteiger partial charge is 0.494 e. The van der Waals surface area contributed by atoms with Gasteiger partial charge in [0, 0.05) is 6.54 Å². The van der Waals surface area contributed by atoms with Crippen molar-refractivity contribution in [2.45, 2.75) is 31.4 Å². The van der Waals surface area contributed by atoms with Crippen LogP contribution in [0.4, 0.5) is 5.69 Å². The third kappa shape index (κ3) is 4.96. The highest BCUT2D eigenvalue weighted by molar-refractivity contribution is 7.92. The van der Waals surface area contributed by atoms with Crippen molar-refractivity contribution in [2.24, 2.45) is 0 Å². The van der Waals surface area contributed by atoms with E-state index in [9.17, 15) is 13.2 Å². The molecule has 0 radical (unpaired) electrons. The second kappa shape index (κ2) is 9.54. The summed E-state index contributed by atoms with van der Waals surface area (Å²) < 4.78 is 39.4. The second-order valence-electron chi connectivity index (χ2n) is 7.72. The minimum absolute atomic E-state index is 0.123. The molecule has 0 unspecified atom stereocenters. The number of nitrogens with one attached hydrogen (secondary N) is 1. The molecule has 0 bridgehead atoms. The molecule has 8 heteroatoms. The summed E-state index contributed by atoms with van der Waals surface area (Å²) in [5, 5.41) is 2.84. The lowest BCUT2D eigenvalue weighted by Crippen LogP contribution is -2.50. The van der Waals surface area contributed by atoms with Crippen molar-refractivity contribution in [3.05, 3.63) is 83.9 Å². The van der Waals surface area contributed by atoms with Crippen LogP contribution in [-0.2, 0) is 21.4 Å². The van der Waals surface area contributed by atoms with E-state index in [1.54, 1.807) is 48.5 Å². The van der Waals surface area contributed by atoms with Gasteiger partial charge in [-0.05, 0) is 55.8 Å². The highest BCUT2D eigenvalue weighted by Gasteiger charge is 2.37. The standard InChI is InChI=1S/C25H26N2O5S/c1-3-31-20-12-10-19(11-13-20)16-26-25(28)24-17-27(22-6-4-5-7-23(22)32-24)33(29,30)21-14-8-18(2)9-15-21/h4-15,24H,3,16-17H2,1-2H3,(H,26,28)/t24-/m1/s1. The van der Waals surface area contributed by atoms with Gasteiger partial charge in [-0.1, -0.05) is 42.0 Å². The Kier molecular flexibility index (Phi) is 6.55. The Hall–Kier alpha value is -3.52. The van der Waals surface area contributed by atoms with Crippen LogP contribution in [0.2, 0.25) is 0 Å². The van der Waals surface area contributed by atoms with Crippen LogP contribution in [0.5, 0.6) is 11.5 Å². The fourth-order valence-corrected chi connectivity index (χ4v) is 5.05. The Morgan fingerprint density at radius 3 is 2.45 bits per heavy atom. The summed E-state index contributed by atoms with van der Waals surface area (Å²) in [5.41, 5.74) is 2.27. The zero-order chi connectivity index (χ0) is 23.4. The van der Waals surface area contributed by atoms with Crippen molar-refractivity contribution in [1.29, 1.82) is 0 Å². The number of aryl methyl sites for hydroxylation is 1. The Morgan fingerprint density at radius 2 is 1.76 bits per heavy atom. The number of carbonyl (C=O) groups is 1. The van der Waals surface area contributed by atoms with Crippen LogP contribution in [0, 0.1) is 6.92 Å². The molecule has 1 amide bonds. The van der Waals surface area contributed by atoms with Gasteiger partial charge < -0.3 is 14.8 Å². The van der Waals surface area contributed by atoms with Gasteiger partial charge in [-0.25, -0.2) is 8.42 Å². The van der Waals surface area contributed by atoms with Crippen molar-refractivity contribution in [3.63, 3.8) is 0 Å². The number of ether oxygens (including phenoxy) is 2. The SMILES string of the molecule is CCOc1ccc(CNC(=O)[C@H]2CN(S(=O)(=O)c3ccc(C)cc3)c3ccccc3O2)cc1. The monoisotopic (exact) mass is 466 g/mol. The Bertz CT molecular complexity index is 1220. The minimum Gasteiger partial charge on any atom is -0.494 e. The van der Waals surface area contributed by atoms with Gasteiger partial charge in [-0.3, -0.25) is 9.10 Å². The molecule has 1 atom stereocenters. The molecular formula is C25H26N2O5S. The first-order valence-electron chi connectivity index (χ1n) is 10.7. The molecule has 0 spiro atoms. The number of nitrogens with zero attached hydrogens (tertiary/aromatic N) is 1. The molecular weight excluding hydrogens is 440 g/mol. The van der Waals surface area contributed by atoms with Crippen LogP contribution in [0.15, 0.2) is 77.7 Å². The van der Waals surface area contributed by atoms with Gasteiger partial charge >= 0.3 is 0 Å². The van der Waals surface area contributed by atoms with E-state index in [0.717, 1.165) is 16.9 Å². The highest BCUT2D eigenvalue weighted by Crippen LogP contribution is 2.36. The van der Waals surface area contributed by atoms with Gasteiger partial charge in [-0.2, -0.15) is 0 Å². The van der Waals surface area contributed by atoms with Crippen molar-refractivity contribution in [2.75, 3.05) is 17.5 Å². The van der Waals surface area contributed by atoms with Crippen LogP contribution >= 0.6 is 0 Å². The van der Waals surface area contributed by atoms with E-state index in [4.69, 9.17) is 9.47 Å². The number of para-hydroxylation sites is 2. The van der Waals surface area contributed by atoms with Crippen molar-refractivity contribution >= 4 is 21.6 Å². The summed E-state index contributed by atoms with van der Waals surface area (Å²) in [6.07, 6.45) is -0.983. The molecule has 0 fully saturated rings. The lowest BCUT2D eigenvalue weighted by atomic mass is 10.2. The Morgan fingerprint density at radius 1 is 1.06 bits per heavy atom. The molecule has 1 aliphatic heterocycles. The summed E-state index contributed by atoms with van der Waals surface area (Å²) in [4.78, 5) is 13.1. The van der Waals surface area contributed by atoms with E-state index in [1.165, 1.54) is 4.31 Å². The summed E-state index contributed by atoms with van der Waals surface area (Å²) >= 11 is 0. The molecule has 0 saturated carbocycles. The smallest absolute Gasteiger partial charge is 0.264 e. The van der Waals surface area contributed by atoms with E-state index in [0.29, 0.717) is 18.0 Å². The molecule has 7 nitrogen and oxygen atoms in total. The lowest BCUT2D eigenvalue weighted by Gasteiger charge is -2.34. The number of hydrogen-bond donors (Lipinski definition) is 1. The number of rotatable bonds is 7. The quantitative estimate of drug-likeness (QED) is 0.574. The van der Waals surface area contributed by atoms with Gasteiger partial charge in [0.25, 0.3) is 15.9 Å². The number of carbonyl (C=O) groups excluding carboxylic acids is 1. The number of sulfonamides is 1. The van der Waals surface area contributed by atoms with Crippen LogP contribution in [0.1, 0.15) is 18.1 Å². The minimum atomic E-state index is -3.88. The lowest BCUT2D eigenvalue weighted by molar-refractivity contribution is -0.127. The maximum Gasteiger partial charge on any atom is 0.264 e. The van der Waals surface area contributed by atoms with E-state index in [1.807, 2.05) is 38.1 Å². The number of amides is 1. The fraction of sp³-hybridized carbons (Fsp3) is 0.240. The number of hydrogen-bond acceptors (Lipinski definition) is 5. The van der Waals surface area contributed by atoms with Crippen molar-refractivity contribution in [1.82, 2.24) is 5.32 Å². The molecule has 3 aromatic carbocycles. The predicted molar refractivity (Wildman–Crippen MR) is 126 cm³/mol. The highest BCUT2D eigenvalue weighted by atomic mass is 32.2. The van der Waals surface area contributed by atoms with E-state index >= 15 is 0 Å². The number of fused-ring (bicyclic) bond motifs is 1. The Balaban J connectivity index is 1.53. The molecule has 4 rings (SSSR count). The molecule has 3 aromatic rings. The van der Waals surface area contributed by atoms with Crippen molar-refractivity contribution < 1.29 is 22.7 Å². The van der Waals surface area contributed by atoms with E-state index in [2.05, 4.69) is 5.32 Å². The van der Waals surface area contributed by atoms with Gasteiger partial charge in [0.1, 0.15) is 11.5 Å². The third-order valence-electron chi connectivity index (χ3n) is 5.34. The van der Waals surface area contributed by atoms with Crippen LogP contribution in [-0.4, -0.2) is 33.6 Å². The predicted octanol–water partition coefficient (Wildman–Crippen LogP) is 3.67. The molecule has 1 N–H and O–H groups in total. The zero-order valence-electron chi connectivity index (χ0n) is 18.5.